The van der Waals surface area contributed by atoms with Gasteiger partial charge < -0.3 is 4.57 Å². The molecule has 2 nitrogen and oxygen atoms in total. The first-order valence-corrected chi connectivity index (χ1v) is 4.47. The first kappa shape index (κ1) is 8.60. The molecule has 0 saturated carbocycles. The molecule has 0 aliphatic heterocycles. The van der Waals surface area contributed by atoms with Gasteiger partial charge in [-0.05, 0) is 6.42 Å². The average Bonchev–Trinajstić information content (AvgIpc) is 2.48. The molecule has 0 saturated heterocycles. The van der Waals surface area contributed by atoms with Crippen LogP contribution in [0.5, 0.6) is 0 Å². The lowest BCUT2D eigenvalue weighted by atomic mass is 10.3. The second kappa shape index (κ2) is 4.39. The van der Waals surface area contributed by atoms with Gasteiger partial charge in [-0.3, -0.25) is 0 Å². The second-order valence-electron chi connectivity index (χ2n) is 2.59. The summed E-state index contributed by atoms with van der Waals surface area (Å²) >= 11 is 5.60. The van der Waals surface area contributed by atoms with Gasteiger partial charge in [0.2, 0.25) is 0 Å². The monoisotopic (exact) mass is 172 g/mol. The number of halogens is 1. The van der Waals surface area contributed by atoms with Gasteiger partial charge in [-0.25, -0.2) is 4.98 Å². The van der Waals surface area contributed by atoms with Gasteiger partial charge >= 0.3 is 0 Å². The number of unbranched alkanes of at least 4 members (excludes halogenated alkanes) is 1. The second-order valence-corrected chi connectivity index (χ2v) is 2.86. The van der Waals surface area contributed by atoms with Crippen molar-refractivity contribution in [2.24, 2.45) is 0 Å². The summed E-state index contributed by atoms with van der Waals surface area (Å²) in [7, 11) is 0. The molecule has 0 spiro atoms. The van der Waals surface area contributed by atoms with E-state index in [-0.39, 0.29) is 0 Å². The van der Waals surface area contributed by atoms with E-state index in [0.29, 0.717) is 5.88 Å². The van der Waals surface area contributed by atoms with E-state index < -0.39 is 0 Å². The van der Waals surface area contributed by atoms with Crippen molar-refractivity contribution < 1.29 is 0 Å². The molecule has 0 atom stereocenters. The third kappa shape index (κ3) is 2.54. The molecule has 11 heavy (non-hydrogen) atoms. The predicted molar refractivity (Wildman–Crippen MR) is 46.7 cm³/mol. The van der Waals surface area contributed by atoms with E-state index in [0.717, 1.165) is 12.2 Å². The van der Waals surface area contributed by atoms with E-state index in [1.54, 1.807) is 0 Å². The Morgan fingerprint density at radius 3 is 3.00 bits per heavy atom. The van der Waals surface area contributed by atoms with Gasteiger partial charge in [-0.2, -0.15) is 0 Å². The highest BCUT2D eigenvalue weighted by molar-refractivity contribution is 6.16. The molecule has 1 rings (SSSR count). The third-order valence-corrected chi connectivity index (χ3v) is 1.87. The smallest absolute Gasteiger partial charge is 0.0949 e. The quantitative estimate of drug-likeness (QED) is 0.638. The molecule has 3 heteroatoms. The van der Waals surface area contributed by atoms with Gasteiger partial charge in [-0.15, -0.1) is 11.6 Å². The largest absolute Gasteiger partial charge is 0.337 e. The van der Waals surface area contributed by atoms with E-state index in [2.05, 4.69) is 16.5 Å². The van der Waals surface area contributed by atoms with Crippen molar-refractivity contribution in [1.29, 1.82) is 0 Å². The zero-order chi connectivity index (χ0) is 8.10. The van der Waals surface area contributed by atoms with E-state index in [1.807, 2.05) is 12.5 Å². The van der Waals surface area contributed by atoms with Gasteiger partial charge in [0.25, 0.3) is 0 Å². The fourth-order valence-corrected chi connectivity index (χ4v) is 1.08. The van der Waals surface area contributed by atoms with Gasteiger partial charge in [0, 0.05) is 12.7 Å². The van der Waals surface area contributed by atoms with E-state index in [9.17, 15) is 0 Å². The van der Waals surface area contributed by atoms with Crippen LogP contribution in [0.1, 0.15) is 25.5 Å². The number of hydrogen-bond acceptors (Lipinski definition) is 1. The predicted octanol–water partition coefficient (Wildman–Crippen LogP) is 2.42. The van der Waals surface area contributed by atoms with Crippen molar-refractivity contribution in [3.63, 3.8) is 0 Å². The Bertz CT molecular complexity index is 208. The van der Waals surface area contributed by atoms with Gasteiger partial charge in [-0.1, -0.05) is 13.3 Å². The molecule has 0 fully saturated rings. The standard InChI is InChI=1S/C8H13ClN2/c1-2-3-4-11-6-8(5-9)10-7-11/h6-7H,2-5H2,1H3. The summed E-state index contributed by atoms with van der Waals surface area (Å²) in [5, 5.41) is 0. The van der Waals surface area contributed by atoms with Crippen LogP contribution in [0, 0.1) is 0 Å². The Labute approximate surface area is 72.2 Å². The highest BCUT2D eigenvalue weighted by Crippen LogP contribution is 2.01. The Kier molecular flexibility index (Phi) is 3.43. The van der Waals surface area contributed by atoms with Crippen LogP contribution in [0.4, 0.5) is 0 Å². The number of alkyl halides is 1. The van der Waals surface area contributed by atoms with Crippen LogP contribution >= 0.6 is 11.6 Å². The van der Waals surface area contributed by atoms with E-state index in [4.69, 9.17) is 11.6 Å². The Morgan fingerprint density at radius 1 is 1.64 bits per heavy atom. The lowest BCUT2D eigenvalue weighted by molar-refractivity contribution is 0.631. The minimum absolute atomic E-state index is 0.513. The highest BCUT2D eigenvalue weighted by Gasteiger charge is 1.94. The lowest BCUT2D eigenvalue weighted by Gasteiger charge is -1.97. The lowest BCUT2D eigenvalue weighted by Crippen LogP contribution is -1.92. The molecule has 62 valence electrons. The normalized spacial score (nSPS) is 10.4. The average molecular weight is 173 g/mol. The van der Waals surface area contributed by atoms with Gasteiger partial charge in [0.15, 0.2) is 0 Å². The van der Waals surface area contributed by atoms with Crippen LogP contribution in [0.3, 0.4) is 0 Å². The summed E-state index contributed by atoms with van der Waals surface area (Å²) in [4.78, 5) is 4.12. The highest BCUT2D eigenvalue weighted by atomic mass is 35.5. The first-order valence-electron chi connectivity index (χ1n) is 3.93. The SMILES string of the molecule is CCCCn1cnc(CCl)c1. The molecule has 0 amide bonds. The van der Waals surface area contributed by atoms with Crippen LogP contribution in [0.15, 0.2) is 12.5 Å². The summed E-state index contributed by atoms with van der Waals surface area (Å²) in [6.45, 7) is 3.24. The van der Waals surface area contributed by atoms with Crippen LogP contribution in [0.25, 0.3) is 0 Å². The van der Waals surface area contributed by atoms with E-state index >= 15 is 0 Å². The van der Waals surface area contributed by atoms with Gasteiger partial charge in [0.05, 0.1) is 17.9 Å². The van der Waals surface area contributed by atoms with Crippen LogP contribution < -0.4 is 0 Å². The van der Waals surface area contributed by atoms with Crippen LogP contribution in [-0.4, -0.2) is 9.55 Å². The zero-order valence-electron chi connectivity index (χ0n) is 6.76. The van der Waals surface area contributed by atoms with Crippen molar-refractivity contribution >= 4 is 11.6 Å². The Hall–Kier alpha value is -0.500. The summed E-state index contributed by atoms with van der Waals surface area (Å²) in [5.74, 6) is 0.513. The van der Waals surface area contributed by atoms with Crippen molar-refractivity contribution in [2.75, 3.05) is 0 Å². The molecule has 0 N–H and O–H groups in total. The minimum atomic E-state index is 0.513. The Morgan fingerprint density at radius 2 is 2.45 bits per heavy atom. The molecule has 0 unspecified atom stereocenters. The molecular weight excluding hydrogens is 160 g/mol. The molecule has 0 bridgehead atoms. The molecule has 1 aromatic heterocycles. The maximum absolute atomic E-state index is 5.60. The Balaban J connectivity index is 2.44. The third-order valence-electron chi connectivity index (χ3n) is 1.59. The first-order chi connectivity index (χ1) is 5.36. The molecular formula is C8H13ClN2. The summed E-state index contributed by atoms with van der Waals surface area (Å²) in [6, 6.07) is 0. The number of imidazole rings is 1. The number of aryl methyl sites for hydroxylation is 1. The number of hydrogen-bond donors (Lipinski definition) is 0. The van der Waals surface area contributed by atoms with Crippen molar-refractivity contribution in [1.82, 2.24) is 9.55 Å². The van der Waals surface area contributed by atoms with Crippen molar-refractivity contribution in [3.05, 3.63) is 18.2 Å². The summed E-state index contributed by atoms with van der Waals surface area (Å²) in [6.07, 6.45) is 6.27. The molecule has 0 aromatic carbocycles. The summed E-state index contributed by atoms with van der Waals surface area (Å²) < 4.78 is 2.08. The fraction of sp³-hybridized carbons (Fsp3) is 0.625. The van der Waals surface area contributed by atoms with Crippen LogP contribution in [-0.2, 0) is 12.4 Å². The number of rotatable bonds is 4. The minimum Gasteiger partial charge on any atom is -0.337 e. The zero-order valence-corrected chi connectivity index (χ0v) is 7.51. The fourth-order valence-electron chi connectivity index (χ4n) is 0.938. The molecule has 0 aliphatic carbocycles. The molecule has 0 radical (unpaired) electrons. The number of nitrogens with zero attached hydrogens (tertiary/aromatic N) is 2. The molecule has 1 aromatic rings. The molecule has 1 heterocycles. The van der Waals surface area contributed by atoms with Gasteiger partial charge in [0.1, 0.15) is 0 Å². The number of aromatic nitrogens is 2. The molecule has 0 aliphatic rings. The topological polar surface area (TPSA) is 17.8 Å². The van der Waals surface area contributed by atoms with Crippen LogP contribution in [0.2, 0.25) is 0 Å². The van der Waals surface area contributed by atoms with Crippen molar-refractivity contribution in [2.45, 2.75) is 32.2 Å². The summed E-state index contributed by atoms with van der Waals surface area (Å²) in [5.41, 5.74) is 0.961. The van der Waals surface area contributed by atoms with Crippen molar-refractivity contribution in [3.8, 4) is 0 Å². The maximum Gasteiger partial charge on any atom is 0.0949 e. The maximum atomic E-state index is 5.60. The van der Waals surface area contributed by atoms with E-state index in [1.165, 1.54) is 12.8 Å².